The molecule has 0 N–H and O–H groups in total. The molecule has 1 aliphatic heterocycles. The van der Waals surface area contributed by atoms with Gasteiger partial charge in [-0.3, -0.25) is 4.79 Å². The van der Waals surface area contributed by atoms with E-state index in [1.54, 1.807) is 24.3 Å². The van der Waals surface area contributed by atoms with Gasteiger partial charge >= 0.3 is 0 Å². The van der Waals surface area contributed by atoms with Crippen molar-refractivity contribution in [2.24, 2.45) is 0 Å². The van der Waals surface area contributed by atoms with E-state index in [1.165, 1.54) is 0 Å². The zero-order valence-corrected chi connectivity index (χ0v) is 28.4. The minimum absolute atomic E-state index is 0.199. The van der Waals surface area contributed by atoms with Crippen LogP contribution in [0.1, 0.15) is 44.1 Å². The van der Waals surface area contributed by atoms with Gasteiger partial charge in [0.25, 0.3) is 0 Å². The molecule has 6 aromatic rings. The molecule has 0 saturated heterocycles. The number of carbonyl (C=O) groups is 1. The predicted molar refractivity (Wildman–Crippen MR) is 206 cm³/mol. The lowest BCUT2D eigenvalue weighted by Gasteiger charge is -2.33. The number of allylic oxidation sites excluding steroid dienone is 3. The minimum atomic E-state index is -0.401. The molecule has 4 heteroatoms. The number of carbonyl (C=O) groups excluding carboxylic acids is 1. The molecule has 2 nitrogen and oxygen atoms in total. The van der Waals surface area contributed by atoms with E-state index in [9.17, 15) is 4.79 Å². The lowest BCUT2D eigenvalue weighted by Crippen LogP contribution is -2.20. The SMILES string of the molecule is O=C(/C(=C\c1ccccc1)C1=C(c2ccccc2)C(c2ccccc2)C(C#Cc2ccccc2)=C(c2ccc(Cl)cc2)O1)c1ccc(Cl)cc1. The summed E-state index contributed by atoms with van der Waals surface area (Å²) in [7, 11) is 0. The number of Topliss-reactive ketones (excluding diaryl/α,β-unsaturated/α-hetero) is 1. The second-order valence-corrected chi connectivity index (χ2v) is 12.6. The van der Waals surface area contributed by atoms with Crippen LogP contribution in [0.15, 0.2) is 187 Å². The Morgan fingerprint density at radius 3 is 1.74 bits per heavy atom. The van der Waals surface area contributed by atoms with Gasteiger partial charge in [-0.05, 0) is 83.4 Å². The maximum atomic E-state index is 14.8. The second-order valence-electron chi connectivity index (χ2n) is 11.7. The summed E-state index contributed by atoms with van der Waals surface area (Å²) < 4.78 is 7.13. The highest BCUT2D eigenvalue weighted by atomic mass is 35.5. The molecule has 1 heterocycles. The van der Waals surface area contributed by atoms with Gasteiger partial charge in [0.05, 0.1) is 11.1 Å². The Balaban J connectivity index is 1.57. The molecule has 0 spiro atoms. The fraction of sp³-hybridized carbons (Fsp3) is 0.0217. The second kappa shape index (κ2) is 15.1. The summed E-state index contributed by atoms with van der Waals surface area (Å²) in [4.78, 5) is 14.8. The molecule has 0 aromatic heterocycles. The third-order valence-corrected chi connectivity index (χ3v) is 8.92. The standard InChI is InChI=1S/C46H30Cl2O2/c47-38-26-22-36(23-27-38)44(49)41(31-33-15-7-2-8-16-33)46-43(35-19-11-4-12-20-35)42(34-17-9-3-10-18-34)40(30-21-32-13-5-1-6-14-32)45(50-46)37-24-28-39(48)29-25-37/h1-20,22-29,31,42H/b41-31+. The van der Waals surface area contributed by atoms with Gasteiger partial charge in [-0.2, -0.15) is 0 Å². The molecular weight excluding hydrogens is 655 g/mol. The monoisotopic (exact) mass is 684 g/mol. The van der Waals surface area contributed by atoms with Crippen LogP contribution in [0.25, 0.3) is 17.4 Å². The van der Waals surface area contributed by atoms with Crippen LogP contribution in [0.3, 0.4) is 0 Å². The largest absolute Gasteiger partial charge is 0.455 e. The van der Waals surface area contributed by atoms with Crippen molar-refractivity contribution in [1.82, 2.24) is 0 Å². The van der Waals surface area contributed by atoms with Crippen molar-refractivity contribution in [3.05, 3.63) is 230 Å². The van der Waals surface area contributed by atoms with Gasteiger partial charge < -0.3 is 4.74 Å². The molecule has 1 unspecified atom stereocenters. The van der Waals surface area contributed by atoms with E-state index in [1.807, 2.05) is 127 Å². The summed E-state index contributed by atoms with van der Waals surface area (Å²) in [5.41, 5.74) is 6.93. The van der Waals surface area contributed by atoms with Crippen LogP contribution < -0.4 is 0 Å². The molecule has 0 fully saturated rings. The van der Waals surface area contributed by atoms with Crippen molar-refractivity contribution in [3.63, 3.8) is 0 Å². The lowest BCUT2D eigenvalue weighted by atomic mass is 9.76. The molecule has 0 amide bonds. The third kappa shape index (κ3) is 7.26. The number of hydrogen-bond acceptors (Lipinski definition) is 2. The van der Waals surface area contributed by atoms with E-state index >= 15 is 0 Å². The maximum Gasteiger partial charge on any atom is 0.196 e. The van der Waals surface area contributed by atoms with Crippen LogP contribution in [-0.2, 0) is 4.74 Å². The number of hydrogen-bond donors (Lipinski definition) is 0. The van der Waals surface area contributed by atoms with Crippen LogP contribution in [0, 0.1) is 11.8 Å². The Kier molecular flexibility index (Phi) is 9.90. The molecule has 7 rings (SSSR count). The van der Waals surface area contributed by atoms with E-state index in [0.29, 0.717) is 32.7 Å². The molecule has 0 saturated carbocycles. The number of halogens is 2. The number of rotatable bonds is 7. The quantitative estimate of drug-likeness (QED) is 0.0950. The first-order valence-electron chi connectivity index (χ1n) is 16.2. The molecule has 240 valence electrons. The Hall–Kier alpha value is -5.85. The van der Waals surface area contributed by atoms with Crippen LogP contribution in [0.2, 0.25) is 10.0 Å². The molecule has 0 bridgehead atoms. The van der Waals surface area contributed by atoms with Gasteiger partial charge in [0.2, 0.25) is 0 Å². The Bertz CT molecular complexity index is 2280. The minimum Gasteiger partial charge on any atom is -0.455 e. The summed E-state index contributed by atoms with van der Waals surface area (Å²) in [6.07, 6.45) is 1.90. The first kappa shape index (κ1) is 32.7. The highest BCUT2D eigenvalue weighted by Gasteiger charge is 2.37. The van der Waals surface area contributed by atoms with Crippen molar-refractivity contribution >= 4 is 46.4 Å². The number of ether oxygens (including phenoxy) is 1. The smallest absolute Gasteiger partial charge is 0.196 e. The normalized spacial score (nSPS) is 14.4. The maximum absolute atomic E-state index is 14.8. The zero-order valence-electron chi connectivity index (χ0n) is 26.9. The summed E-state index contributed by atoms with van der Waals surface area (Å²) in [5, 5.41) is 1.15. The summed E-state index contributed by atoms with van der Waals surface area (Å²) in [5.74, 6) is 7.35. The zero-order chi connectivity index (χ0) is 34.3. The molecule has 1 aliphatic rings. The van der Waals surface area contributed by atoms with Gasteiger partial charge in [-0.15, -0.1) is 0 Å². The van der Waals surface area contributed by atoms with Crippen LogP contribution in [-0.4, -0.2) is 5.78 Å². The van der Waals surface area contributed by atoms with Gasteiger partial charge in [-0.25, -0.2) is 0 Å². The first-order valence-corrected chi connectivity index (χ1v) is 17.0. The van der Waals surface area contributed by atoms with Crippen molar-refractivity contribution in [2.75, 3.05) is 0 Å². The molecule has 0 radical (unpaired) electrons. The van der Waals surface area contributed by atoms with Gasteiger partial charge in [0.1, 0.15) is 11.5 Å². The fourth-order valence-electron chi connectivity index (χ4n) is 6.03. The van der Waals surface area contributed by atoms with Crippen molar-refractivity contribution in [3.8, 4) is 11.8 Å². The molecular formula is C46H30Cl2O2. The average Bonchev–Trinajstić information content (AvgIpc) is 3.17. The first-order chi connectivity index (χ1) is 24.5. The van der Waals surface area contributed by atoms with Gasteiger partial charge in [0.15, 0.2) is 5.78 Å². The Morgan fingerprint density at radius 1 is 0.580 bits per heavy atom. The van der Waals surface area contributed by atoms with Crippen molar-refractivity contribution < 1.29 is 9.53 Å². The molecule has 0 aliphatic carbocycles. The molecule has 6 aromatic carbocycles. The van der Waals surface area contributed by atoms with Crippen LogP contribution in [0.4, 0.5) is 0 Å². The van der Waals surface area contributed by atoms with E-state index in [0.717, 1.165) is 39.0 Å². The van der Waals surface area contributed by atoms with E-state index in [-0.39, 0.29) is 5.78 Å². The van der Waals surface area contributed by atoms with Crippen molar-refractivity contribution in [1.29, 1.82) is 0 Å². The number of ketones is 1. The van der Waals surface area contributed by atoms with E-state index in [2.05, 4.69) is 36.1 Å². The highest BCUT2D eigenvalue weighted by molar-refractivity contribution is 6.31. The highest BCUT2D eigenvalue weighted by Crippen LogP contribution is 2.50. The van der Waals surface area contributed by atoms with Gasteiger partial charge in [0, 0.05) is 38.2 Å². The van der Waals surface area contributed by atoms with Gasteiger partial charge in [-0.1, -0.05) is 144 Å². The average molecular weight is 686 g/mol. The summed E-state index contributed by atoms with van der Waals surface area (Å²) in [6, 6.07) is 54.5. The molecule has 50 heavy (non-hydrogen) atoms. The van der Waals surface area contributed by atoms with Crippen LogP contribution in [0.5, 0.6) is 0 Å². The number of benzene rings is 6. The molecule has 1 atom stereocenters. The fourth-order valence-corrected chi connectivity index (χ4v) is 6.28. The van der Waals surface area contributed by atoms with E-state index in [4.69, 9.17) is 27.9 Å². The lowest BCUT2D eigenvalue weighted by molar-refractivity contribution is 0.103. The van der Waals surface area contributed by atoms with Crippen molar-refractivity contribution in [2.45, 2.75) is 5.92 Å². The third-order valence-electron chi connectivity index (χ3n) is 8.42. The predicted octanol–water partition coefficient (Wildman–Crippen LogP) is 11.9. The Labute approximate surface area is 302 Å². The topological polar surface area (TPSA) is 26.3 Å². The Morgan fingerprint density at radius 2 is 1.12 bits per heavy atom. The summed E-state index contributed by atoms with van der Waals surface area (Å²) >= 11 is 12.7. The summed E-state index contributed by atoms with van der Waals surface area (Å²) in [6.45, 7) is 0. The van der Waals surface area contributed by atoms with Crippen LogP contribution >= 0.6 is 23.2 Å². The van der Waals surface area contributed by atoms with E-state index < -0.39 is 5.92 Å².